The fraction of sp³-hybridized carbons (Fsp3) is 0.714. The molecule has 0 N–H and O–H groups in total. The SMILES string of the molecule is CCc1nnc(N2CCOC(CC(=O)OC)C2)nc1CC. The molecule has 1 fully saturated rings. The van der Waals surface area contributed by atoms with Crippen LogP contribution < -0.4 is 4.90 Å². The number of hydrogen-bond donors (Lipinski definition) is 0. The first-order valence-corrected chi connectivity index (χ1v) is 7.33. The van der Waals surface area contributed by atoms with E-state index in [0.29, 0.717) is 25.6 Å². The minimum Gasteiger partial charge on any atom is -0.469 e. The van der Waals surface area contributed by atoms with Crippen molar-refractivity contribution in [2.24, 2.45) is 0 Å². The van der Waals surface area contributed by atoms with Gasteiger partial charge in [0.1, 0.15) is 0 Å². The molecule has 1 aliphatic rings. The Bertz CT molecular complexity index is 495. The van der Waals surface area contributed by atoms with Crippen LogP contribution in [0, 0.1) is 0 Å². The number of carbonyl (C=O) groups is 1. The molecule has 0 amide bonds. The van der Waals surface area contributed by atoms with E-state index in [4.69, 9.17) is 4.74 Å². The quantitative estimate of drug-likeness (QED) is 0.742. The van der Waals surface area contributed by atoms with Gasteiger partial charge in [0.05, 0.1) is 37.6 Å². The van der Waals surface area contributed by atoms with Crippen LogP contribution in [-0.2, 0) is 27.1 Å². The van der Waals surface area contributed by atoms with Gasteiger partial charge in [-0.05, 0) is 12.8 Å². The summed E-state index contributed by atoms with van der Waals surface area (Å²) < 4.78 is 10.3. The van der Waals surface area contributed by atoms with E-state index in [0.717, 1.165) is 24.2 Å². The van der Waals surface area contributed by atoms with Crippen LogP contribution in [0.3, 0.4) is 0 Å². The second kappa shape index (κ2) is 7.31. The van der Waals surface area contributed by atoms with Crippen LogP contribution in [0.1, 0.15) is 31.7 Å². The second-order valence-corrected chi connectivity index (χ2v) is 4.93. The molecule has 0 radical (unpaired) electrons. The van der Waals surface area contributed by atoms with E-state index in [9.17, 15) is 4.79 Å². The van der Waals surface area contributed by atoms with Crippen LogP contribution in [0.25, 0.3) is 0 Å². The Balaban J connectivity index is 2.08. The molecule has 1 unspecified atom stereocenters. The van der Waals surface area contributed by atoms with Crippen molar-refractivity contribution >= 4 is 11.9 Å². The van der Waals surface area contributed by atoms with Gasteiger partial charge in [-0.2, -0.15) is 5.10 Å². The first-order chi connectivity index (χ1) is 10.2. The Hall–Kier alpha value is -1.76. The third-order valence-corrected chi connectivity index (χ3v) is 3.54. The molecule has 0 saturated carbocycles. The van der Waals surface area contributed by atoms with Crippen molar-refractivity contribution < 1.29 is 14.3 Å². The third-order valence-electron chi connectivity index (χ3n) is 3.54. The molecule has 0 bridgehead atoms. The lowest BCUT2D eigenvalue weighted by Crippen LogP contribution is -2.44. The lowest BCUT2D eigenvalue weighted by Gasteiger charge is -2.32. The van der Waals surface area contributed by atoms with Crippen molar-refractivity contribution in [3.05, 3.63) is 11.4 Å². The van der Waals surface area contributed by atoms with E-state index in [1.165, 1.54) is 7.11 Å². The average molecular weight is 294 g/mol. The summed E-state index contributed by atoms with van der Waals surface area (Å²) in [5.74, 6) is 0.346. The van der Waals surface area contributed by atoms with Crippen molar-refractivity contribution in [3.8, 4) is 0 Å². The molecule has 1 aromatic rings. The molecule has 7 nitrogen and oxygen atoms in total. The highest BCUT2D eigenvalue weighted by atomic mass is 16.5. The number of anilines is 1. The molecule has 21 heavy (non-hydrogen) atoms. The maximum absolute atomic E-state index is 11.3. The van der Waals surface area contributed by atoms with Gasteiger partial charge in [0.15, 0.2) is 0 Å². The Labute approximate surface area is 124 Å². The fourth-order valence-corrected chi connectivity index (χ4v) is 2.36. The van der Waals surface area contributed by atoms with Crippen molar-refractivity contribution in [2.75, 3.05) is 31.7 Å². The summed E-state index contributed by atoms with van der Waals surface area (Å²) in [4.78, 5) is 18.0. The number of ether oxygens (including phenoxy) is 2. The van der Waals surface area contributed by atoms with Crippen molar-refractivity contribution in [1.29, 1.82) is 0 Å². The van der Waals surface area contributed by atoms with Gasteiger partial charge in [0, 0.05) is 13.1 Å². The number of morpholine rings is 1. The zero-order valence-electron chi connectivity index (χ0n) is 12.8. The Morgan fingerprint density at radius 1 is 1.33 bits per heavy atom. The van der Waals surface area contributed by atoms with Gasteiger partial charge in [-0.15, -0.1) is 5.10 Å². The van der Waals surface area contributed by atoms with Gasteiger partial charge >= 0.3 is 5.97 Å². The molecule has 0 aliphatic carbocycles. The lowest BCUT2D eigenvalue weighted by atomic mass is 10.2. The maximum Gasteiger partial charge on any atom is 0.308 e. The topological polar surface area (TPSA) is 77.4 Å². The van der Waals surface area contributed by atoms with E-state index in [-0.39, 0.29) is 18.5 Å². The summed E-state index contributed by atoms with van der Waals surface area (Å²) in [5.41, 5.74) is 1.93. The maximum atomic E-state index is 11.3. The van der Waals surface area contributed by atoms with E-state index < -0.39 is 0 Å². The molecule has 0 aromatic carbocycles. The number of carbonyl (C=O) groups excluding carboxylic acids is 1. The predicted molar refractivity (Wildman–Crippen MR) is 77.2 cm³/mol. The summed E-state index contributed by atoms with van der Waals surface area (Å²) >= 11 is 0. The largest absolute Gasteiger partial charge is 0.469 e. The summed E-state index contributed by atoms with van der Waals surface area (Å²) in [6.07, 6.45) is 1.72. The molecule has 116 valence electrons. The van der Waals surface area contributed by atoms with Crippen LogP contribution in [0.15, 0.2) is 0 Å². The van der Waals surface area contributed by atoms with E-state index in [2.05, 4.69) is 26.8 Å². The fourth-order valence-electron chi connectivity index (χ4n) is 2.36. The first kappa shape index (κ1) is 15.6. The van der Waals surface area contributed by atoms with Crippen LogP contribution in [-0.4, -0.2) is 54.1 Å². The summed E-state index contributed by atoms with van der Waals surface area (Å²) in [7, 11) is 1.38. The monoisotopic (exact) mass is 294 g/mol. The Kier molecular flexibility index (Phi) is 5.44. The molecule has 0 spiro atoms. The molecule has 2 heterocycles. The highest BCUT2D eigenvalue weighted by Gasteiger charge is 2.25. The van der Waals surface area contributed by atoms with Gasteiger partial charge in [-0.25, -0.2) is 4.98 Å². The number of esters is 1. The highest BCUT2D eigenvalue weighted by Crippen LogP contribution is 2.16. The molecule has 7 heteroatoms. The van der Waals surface area contributed by atoms with Crippen LogP contribution in [0.5, 0.6) is 0 Å². The minimum atomic E-state index is -0.267. The number of nitrogens with zero attached hydrogens (tertiary/aromatic N) is 4. The van der Waals surface area contributed by atoms with Gasteiger partial charge < -0.3 is 14.4 Å². The Morgan fingerprint density at radius 3 is 2.76 bits per heavy atom. The molecular weight excluding hydrogens is 272 g/mol. The predicted octanol–water partition coefficient (Wildman–Crippen LogP) is 0.765. The number of hydrogen-bond acceptors (Lipinski definition) is 7. The summed E-state index contributed by atoms with van der Waals surface area (Å²) in [6.45, 7) is 5.93. The van der Waals surface area contributed by atoms with Crippen LogP contribution in [0.4, 0.5) is 5.95 Å². The number of aromatic nitrogens is 3. The molecule has 2 rings (SSSR count). The molecule has 1 saturated heterocycles. The van der Waals surface area contributed by atoms with Gasteiger partial charge in [-0.3, -0.25) is 4.79 Å². The lowest BCUT2D eigenvalue weighted by molar-refractivity contribution is -0.144. The number of methoxy groups -OCH3 is 1. The van der Waals surface area contributed by atoms with Crippen molar-refractivity contribution in [2.45, 2.75) is 39.2 Å². The van der Waals surface area contributed by atoms with Crippen molar-refractivity contribution in [1.82, 2.24) is 15.2 Å². The van der Waals surface area contributed by atoms with E-state index in [1.807, 2.05) is 11.8 Å². The highest BCUT2D eigenvalue weighted by molar-refractivity contribution is 5.69. The zero-order valence-corrected chi connectivity index (χ0v) is 12.8. The van der Waals surface area contributed by atoms with Gasteiger partial charge in [0.2, 0.25) is 5.95 Å². The zero-order chi connectivity index (χ0) is 15.2. The van der Waals surface area contributed by atoms with Gasteiger partial charge in [0.25, 0.3) is 0 Å². The third kappa shape index (κ3) is 3.87. The molecule has 1 aromatic heterocycles. The van der Waals surface area contributed by atoms with Gasteiger partial charge in [-0.1, -0.05) is 13.8 Å². The van der Waals surface area contributed by atoms with Crippen LogP contribution in [0.2, 0.25) is 0 Å². The normalized spacial score (nSPS) is 18.6. The number of rotatable bonds is 5. The minimum absolute atomic E-state index is 0.189. The summed E-state index contributed by atoms with van der Waals surface area (Å²) in [6, 6.07) is 0. The van der Waals surface area contributed by atoms with Crippen molar-refractivity contribution in [3.63, 3.8) is 0 Å². The summed E-state index contributed by atoms with van der Waals surface area (Å²) in [5, 5.41) is 8.47. The van der Waals surface area contributed by atoms with Crippen LogP contribution >= 0.6 is 0 Å². The molecule has 1 aliphatic heterocycles. The first-order valence-electron chi connectivity index (χ1n) is 7.33. The Morgan fingerprint density at radius 2 is 2.10 bits per heavy atom. The van der Waals surface area contributed by atoms with E-state index in [1.54, 1.807) is 0 Å². The molecule has 1 atom stereocenters. The average Bonchev–Trinajstić information content (AvgIpc) is 2.54. The van der Waals surface area contributed by atoms with E-state index >= 15 is 0 Å². The second-order valence-electron chi connectivity index (χ2n) is 4.93. The molecular formula is C14H22N4O3. The standard InChI is InChI=1S/C14H22N4O3/c1-4-11-12(5-2)16-17-14(15-11)18-6-7-21-10(9-18)8-13(19)20-3/h10H,4-9H2,1-3H3. The number of aryl methyl sites for hydroxylation is 2. The smallest absolute Gasteiger partial charge is 0.308 e.